The van der Waals surface area contributed by atoms with E-state index in [4.69, 9.17) is 14.2 Å². The third-order valence-electron chi connectivity index (χ3n) is 21.6. The van der Waals surface area contributed by atoms with Crippen molar-refractivity contribution in [3.05, 3.63) is 385 Å². The lowest BCUT2D eigenvalue weighted by molar-refractivity contribution is -0.135. The van der Waals surface area contributed by atoms with Gasteiger partial charge in [-0.15, -0.1) is 22.7 Å². The second-order valence-electron chi connectivity index (χ2n) is 31.1. The van der Waals surface area contributed by atoms with Crippen LogP contribution in [0.15, 0.2) is 307 Å². The molecule has 2 amide bonds. The molecule has 1 unspecified atom stereocenters. The Morgan fingerprint density at radius 2 is 1.02 bits per heavy atom. The molecule has 148 heavy (non-hydrogen) atoms. The Morgan fingerprint density at radius 1 is 0.453 bits per heavy atom. The van der Waals surface area contributed by atoms with Gasteiger partial charge in [0.2, 0.25) is 12.7 Å². The quantitative estimate of drug-likeness (QED) is 0.130. The summed E-state index contributed by atoms with van der Waals surface area (Å²) in [6.07, 6.45) is 29.6. The number of hydrazine groups is 1. The van der Waals surface area contributed by atoms with Crippen molar-refractivity contribution in [3.8, 4) is 17.2 Å². The Hall–Kier alpha value is -13.9. The van der Waals surface area contributed by atoms with Gasteiger partial charge in [0.1, 0.15) is 11.4 Å². The van der Waals surface area contributed by atoms with E-state index in [9.17, 15) is 14.4 Å². The number of aromatic amines is 2. The smallest absolute Gasteiger partial charge is 0.326 e. The zero-order valence-electron chi connectivity index (χ0n) is 96.5. The number of thiazole rings is 2. The van der Waals surface area contributed by atoms with E-state index in [0.717, 1.165) is 99.5 Å². The van der Waals surface area contributed by atoms with Crippen LogP contribution in [-0.4, -0.2) is 89.6 Å². The summed E-state index contributed by atoms with van der Waals surface area (Å²) in [6.45, 7) is 70.8. The first-order chi connectivity index (χ1) is 72.2. The van der Waals surface area contributed by atoms with Crippen molar-refractivity contribution >= 4 is 100 Å². The van der Waals surface area contributed by atoms with E-state index in [-0.39, 0.29) is 17.5 Å². The van der Waals surface area contributed by atoms with E-state index in [1.807, 2.05) is 380 Å². The number of hydrogen-bond acceptors (Lipinski definition) is 13. The summed E-state index contributed by atoms with van der Waals surface area (Å²) in [4.78, 5) is 57.2. The molecular formula is C127H179N13O6S2. The van der Waals surface area contributed by atoms with Crippen LogP contribution >= 0.6 is 22.7 Å². The summed E-state index contributed by atoms with van der Waals surface area (Å²) < 4.78 is 24.7. The number of ether oxygens (including phenoxy) is 3. The molecule has 7 aliphatic rings. The predicted molar refractivity (Wildman–Crippen MR) is 644 cm³/mol. The van der Waals surface area contributed by atoms with E-state index in [1.165, 1.54) is 101 Å². The molecule has 24 rings (SSSR count). The van der Waals surface area contributed by atoms with Gasteiger partial charge < -0.3 is 38.5 Å². The number of benzene rings is 9. The molecule has 3 N–H and O–H groups in total. The fourth-order valence-electron chi connectivity index (χ4n) is 14.7. The van der Waals surface area contributed by atoms with Crippen molar-refractivity contribution < 1.29 is 23.8 Å². The Balaban J connectivity index is 0.000000792. The van der Waals surface area contributed by atoms with Crippen LogP contribution in [0.2, 0.25) is 0 Å². The van der Waals surface area contributed by atoms with Crippen LogP contribution in [-0.2, 0) is 49.4 Å². The number of H-pyrrole nitrogens is 2. The fraction of sp³-hybridized carbons (Fsp3) is 0.362. The zero-order valence-corrected chi connectivity index (χ0v) is 98.1. The molecule has 0 radical (unpaired) electrons. The molecule has 5 aliphatic heterocycles. The van der Waals surface area contributed by atoms with E-state index < -0.39 is 0 Å². The van der Waals surface area contributed by atoms with Gasteiger partial charge in [0, 0.05) is 109 Å². The normalized spacial score (nSPS) is 12.1. The third-order valence-corrected chi connectivity index (χ3v) is 23.1. The topological polar surface area (TPSA) is 199 Å². The van der Waals surface area contributed by atoms with Gasteiger partial charge in [-0.25, -0.2) is 29.7 Å². The Kier molecular flexibility index (Phi) is 69.2. The lowest BCUT2D eigenvalue weighted by atomic mass is 10.0. The average molecular weight is 2050 g/mol. The molecule has 9 aromatic carbocycles. The number of carbonyl (C=O) groups is 2. The number of aromatic nitrogens is 10. The molecule has 1 atom stereocenters. The van der Waals surface area contributed by atoms with Crippen LogP contribution in [0.3, 0.4) is 0 Å². The van der Waals surface area contributed by atoms with Crippen LogP contribution in [0, 0.1) is 48.5 Å². The minimum Gasteiger partial charge on any atom is -0.493 e. The highest BCUT2D eigenvalue weighted by molar-refractivity contribution is 7.16. The van der Waals surface area contributed by atoms with Crippen molar-refractivity contribution in [3.63, 3.8) is 0 Å². The van der Waals surface area contributed by atoms with Crippen molar-refractivity contribution in [2.45, 2.75) is 280 Å². The highest BCUT2D eigenvalue weighted by Crippen LogP contribution is 2.34. The third kappa shape index (κ3) is 42.9. The minimum atomic E-state index is -0.0637. The first kappa shape index (κ1) is 132. The van der Waals surface area contributed by atoms with Crippen LogP contribution in [0.1, 0.15) is 278 Å². The van der Waals surface area contributed by atoms with Crippen LogP contribution in [0.4, 0.5) is 5.69 Å². The number of pyridine rings is 1. The fourth-order valence-corrected chi connectivity index (χ4v) is 16.2. The SMILES string of the molecule is CC.CC.CC.CC.CC.CC.CC.CC.CC.CC.CC.CC.CC1=CCN2C=CC=CN2C1=O.CC1=Cc2ccccc2C1.CC1CCc2ccccc21.Cc1c[nH]c2ccccc12.Cc1ccc2c(c1)CCC(=O)N2.Cc1ccc2c(c1)CCO2.Cc1ccc2c(c1)OCO2.Cc1ccc2ncsc2c1.Cc1cnc2ccccn12.Cc1cnc2sccn12.Cn1c(=O)[nH]c2ccccc21.Cn1cnc2ccccc21. The monoisotopic (exact) mass is 2050 g/mol. The van der Waals surface area contributed by atoms with Gasteiger partial charge in [-0.05, 0) is 235 Å². The summed E-state index contributed by atoms with van der Waals surface area (Å²) in [6, 6.07) is 72.0. The van der Waals surface area contributed by atoms with Gasteiger partial charge in [0.05, 0.1) is 57.3 Å². The maximum absolute atomic E-state index is 11.5. The van der Waals surface area contributed by atoms with E-state index in [2.05, 4.69) is 207 Å². The van der Waals surface area contributed by atoms with Crippen LogP contribution < -0.4 is 25.2 Å². The second-order valence-corrected chi connectivity index (χ2v) is 32.9. The molecule has 2 aliphatic carbocycles. The molecule has 8 aromatic heterocycles. The van der Waals surface area contributed by atoms with Crippen molar-refractivity contribution in [1.29, 1.82) is 0 Å². The van der Waals surface area contributed by atoms with Crippen molar-refractivity contribution in [2.75, 3.05) is 25.3 Å². The molecule has 0 saturated heterocycles. The van der Waals surface area contributed by atoms with Crippen molar-refractivity contribution in [2.24, 2.45) is 14.1 Å². The highest BCUT2D eigenvalue weighted by atomic mass is 32.1. The average Bonchev–Trinajstić information content (AvgIpc) is 1.47. The summed E-state index contributed by atoms with van der Waals surface area (Å²) >= 11 is 3.35. The predicted octanol–water partition coefficient (Wildman–Crippen LogP) is 35.1. The number of amides is 2. The van der Waals surface area contributed by atoms with Crippen LogP contribution in [0.5, 0.6) is 17.2 Å². The zero-order chi connectivity index (χ0) is 111. The molecule has 13 heterocycles. The largest absolute Gasteiger partial charge is 0.493 e. The first-order valence-corrected chi connectivity index (χ1v) is 55.4. The first-order valence-electron chi connectivity index (χ1n) is 53.7. The molecule has 19 nitrogen and oxygen atoms in total. The van der Waals surface area contributed by atoms with Gasteiger partial charge in [-0.2, -0.15) is 0 Å². The standard InChI is InChI=1S/C10H11NO.C10H10.C10H12.C9H10N2O.C9H9N.C9H10O.C8H8N2O.2C8H8N2.C8H7NS.C8H8O2.C6H6N2S.12C2H6/c1-7-2-4-9-8(6-7)3-5-10(12)11-9;1-8-6-9-4-2-3-5-10(9)7-8;1-8-6-7-9-4-2-3-5-10(8)9;1-8-4-7-10-5-2-3-6-11(10)9(8)12;1-7-6-10-9-5-3-2-4-8(7)9;1-7-2-3-9-8(6-7)4-5-10-9;1-10-7-5-3-2-4-6(7)9-8(10)11;1-10-6-9-7-4-2-3-5-8(7)10;1-7-6-9-8-4-2-3-5-10(7)8;2*1-6-2-3-7-8(4-6)10-5-9-7;1-5-4-7-6-8(5)2-3-9-6;12*1-2/h2,4,6H,3,5H2,1H3,(H,11,12);2-6H,7H2,1H3;2-5,8H,6-7H2,1H3;2-6H,7H2,1H3;2-6,10H,1H3;2-3,6H,4-5H2,1H3;2-5H,1H3,(H,9,11);2*2-6H,1H3;2-5H,1H3;2-4H,5H2,1H3;2-4H,1H3;12*1-2H3. The number of imidazole rings is 4. The van der Waals surface area contributed by atoms with E-state index in [0.29, 0.717) is 13.2 Å². The number of rotatable bonds is 0. The summed E-state index contributed by atoms with van der Waals surface area (Å²) in [5, 5.41) is 9.70. The lowest BCUT2D eigenvalue weighted by Crippen LogP contribution is -2.44. The number of aryl methyl sites for hydroxylation is 11. The number of allylic oxidation sites excluding steroid dienone is 3. The number of hydrogen-bond donors (Lipinski definition) is 3. The Labute approximate surface area is 897 Å². The van der Waals surface area contributed by atoms with Gasteiger partial charge in [0.15, 0.2) is 16.5 Å². The highest BCUT2D eigenvalue weighted by Gasteiger charge is 2.23. The number of carbonyl (C=O) groups excluding carboxylic acids is 2. The number of fused-ring (bicyclic) bond motifs is 12. The molecular weight excluding hydrogens is 1870 g/mol. The Bertz CT molecular complexity index is 6460. The van der Waals surface area contributed by atoms with E-state index in [1.54, 1.807) is 56.6 Å². The maximum Gasteiger partial charge on any atom is 0.326 e. The molecule has 0 fully saturated rings. The summed E-state index contributed by atoms with van der Waals surface area (Å²) in [7, 11) is 3.75. The molecule has 0 spiro atoms. The van der Waals surface area contributed by atoms with E-state index >= 15 is 0 Å². The summed E-state index contributed by atoms with van der Waals surface area (Å²) in [5.74, 6) is 3.78. The number of nitrogens with zero attached hydrogens (tertiary/aromatic N) is 10. The summed E-state index contributed by atoms with van der Waals surface area (Å²) in [5.41, 5.74) is 29.9. The maximum atomic E-state index is 11.5. The van der Waals surface area contributed by atoms with Gasteiger partial charge in [-0.3, -0.25) is 23.6 Å². The minimum absolute atomic E-state index is 0.0573. The van der Waals surface area contributed by atoms with Gasteiger partial charge in [0.25, 0.3) is 5.91 Å². The number of para-hydroxylation sites is 5. The molecule has 0 saturated carbocycles. The van der Waals surface area contributed by atoms with Crippen LogP contribution in [0.25, 0.3) is 59.9 Å². The van der Waals surface area contributed by atoms with Crippen molar-refractivity contribution in [1.82, 2.24) is 57.9 Å². The molecule has 0 bridgehead atoms. The number of anilines is 1. The molecule has 800 valence electrons. The molecule has 17 aromatic rings. The van der Waals surface area contributed by atoms with Gasteiger partial charge in [-0.1, -0.05) is 335 Å². The van der Waals surface area contributed by atoms with Gasteiger partial charge >= 0.3 is 5.69 Å². The second kappa shape index (κ2) is 77.5. The lowest BCUT2D eigenvalue weighted by Gasteiger charge is -2.35. The molecule has 21 heteroatoms. The Morgan fingerprint density at radius 3 is 1.68 bits per heavy atom. The number of nitrogens with one attached hydrogen (secondary N) is 3.